The van der Waals surface area contributed by atoms with E-state index in [0.717, 1.165) is 15.6 Å². The van der Waals surface area contributed by atoms with Crippen molar-refractivity contribution in [3.63, 3.8) is 0 Å². The van der Waals surface area contributed by atoms with Crippen LogP contribution in [0.4, 0.5) is 0 Å². The van der Waals surface area contributed by atoms with Crippen LogP contribution in [-0.4, -0.2) is 40.1 Å². The van der Waals surface area contributed by atoms with E-state index in [1.807, 2.05) is 26.0 Å². The van der Waals surface area contributed by atoms with Gasteiger partial charge in [0.1, 0.15) is 6.54 Å². The molecule has 2 aromatic carbocycles. The van der Waals surface area contributed by atoms with Crippen molar-refractivity contribution in [2.24, 2.45) is 17.8 Å². The molecule has 0 aromatic heterocycles. The van der Waals surface area contributed by atoms with Crippen molar-refractivity contribution in [1.29, 1.82) is 0 Å². The lowest BCUT2D eigenvalue weighted by molar-refractivity contribution is -0.154. The normalized spacial score (nSPS) is 21.8. The molecular formula is C25H22Cl2N2O4. The maximum atomic E-state index is 13.5. The van der Waals surface area contributed by atoms with E-state index in [0.29, 0.717) is 12.0 Å². The zero-order chi connectivity index (χ0) is 23.9. The molecule has 1 fully saturated rings. The summed E-state index contributed by atoms with van der Waals surface area (Å²) in [5, 5.41) is 2.21. The fourth-order valence-electron chi connectivity index (χ4n) is 4.35. The van der Waals surface area contributed by atoms with Crippen molar-refractivity contribution in [2.75, 3.05) is 6.54 Å². The number of nitrogens with zero attached hydrogens (tertiary/aromatic N) is 2. The molecule has 6 nitrogen and oxygen atoms in total. The molecule has 8 heteroatoms. The first kappa shape index (κ1) is 23.2. The van der Waals surface area contributed by atoms with Crippen LogP contribution in [0.2, 0.25) is 10.0 Å². The molecule has 0 unspecified atom stereocenters. The highest BCUT2D eigenvalue weighted by Gasteiger charge is 2.53. The molecule has 3 amide bonds. The van der Waals surface area contributed by atoms with Crippen molar-refractivity contribution in [3.8, 4) is 0 Å². The Morgan fingerprint density at radius 1 is 1.00 bits per heavy atom. The Hall–Kier alpha value is -2.96. The van der Waals surface area contributed by atoms with E-state index in [1.54, 1.807) is 24.3 Å². The maximum Gasteiger partial charge on any atom is 0.273 e. The van der Waals surface area contributed by atoms with E-state index < -0.39 is 41.9 Å². The highest BCUT2D eigenvalue weighted by atomic mass is 35.5. The molecule has 33 heavy (non-hydrogen) atoms. The smallest absolute Gasteiger partial charge is 0.273 e. The quantitative estimate of drug-likeness (QED) is 0.349. The van der Waals surface area contributed by atoms with E-state index in [-0.39, 0.29) is 21.5 Å². The summed E-state index contributed by atoms with van der Waals surface area (Å²) < 4.78 is 0. The zero-order valence-electron chi connectivity index (χ0n) is 18.1. The Bertz CT molecular complexity index is 1180. The van der Waals surface area contributed by atoms with Gasteiger partial charge in [-0.25, -0.2) is 5.01 Å². The number of carbonyl (C=O) groups excluding carboxylic acids is 4. The number of Topliss-reactive ketones (excluding diaryl/α,β-unsaturated/α-hetero) is 1. The van der Waals surface area contributed by atoms with Gasteiger partial charge in [-0.15, -0.1) is 0 Å². The minimum atomic E-state index is -0.685. The van der Waals surface area contributed by atoms with E-state index >= 15 is 0 Å². The maximum absolute atomic E-state index is 13.5. The Morgan fingerprint density at radius 3 is 2.30 bits per heavy atom. The summed E-state index contributed by atoms with van der Waals surface area (Å²) in [5.74, 6) is -3.32. The summed E-state index contributed by atoms with van der Waals surface area (Å²) in [6.07, 6.45) is 4.19. The van der Waals surface area contributed by atoms with Crippen LogP contribution in [0.15, 0.2) is 54.6 Å². The predicted octanol–water partition coefficient (Wildman–Crippen LogP) is 4.74. The van der Waals surface area contributed by atoms with Gasteiger partial charge in [-0.3, -0.25) is 19.2 Å². The molecule has 3 atom stereocenters. The van der Waals surface area contributed by atoms with Crippen LogP contribution in [0.3, 0.4) is 0 Å². The number of ketones is 1. The summed E-state index contributed by atoms with van der Waals surface area (Å²) in [6, 6.07) is 11.1. The predicted molar refractivity (Wildman–Crippen MR) is 125 cm³/mol. The second kappa shape index (κ2) is 9.12. The Labute approximate surface area is 201 Å². The summed E-state index contributed by atoms with van der Waals surface area (Å²) in [4.78, 5) is 53.2. The second-order valence-corrected chi connectivity index (χ2v) is 9.24. The Morgan fingerprint density at radius 2 is 1.67 bits per heavy atom. The number of hydrazine groups is 1. The van der Waals surface area contributed by atoms with Crippen molar-refractivity contribution in [1.82, 2.24) is 10.0 Å². The van der Waals surface area contributed by atoms with Gasteiger partial charge in [-0.1, -0.05) is 72.1 Å². The molecule has 0 radical (unpaired) electrons. The van der Waals surface area contributed by atoms with E-state index in [4.69, 9.17) is 23.2 Å². The summed E-state index contributed by atoms with van der Waals surface area (Å²) in [7, 11) is 0. The van der Waals surface area contributed by atoms with E-state index in [2.05, 4.69) is 0 Å². The number of benzene rings is 2. The van der Waals surface area contributed by atoms with Crippen LogP contribution in [0.25, 0.3) is 0 Å². The van der Waals surface area contributed by atoms with E-state index in [1.165, 1.54) is 18.2 Å². The first-order valence-corrected chi connectivity index (χ1v) is 11.4. The average molecular weight is 485 g/mol. The summed E-state index contributed by atoms with van der Waals surface area (Å²) >= 11 is 12.1. The molecular weight excluding hydrogens is 463 g/mol. The van der Waals surface area contributed by atoms with Crippen molar-refractivity contribution in [2.45, 2.75) is 20.3 Å². The number of hydrogen-bond acceptors (Lipinski definition) is 4. The molecule has 2 aromatic rings. The third-order valence-electron chi connectivity index (χ3n) is 6.16. The number of hydrogen-bond donors (Lipinski definition) is 0. The number of imide groups is 1. The minimum absolute atomic E-state index is 0.114. The second-order valence-electron chi connectivity index (χ2n) is 8.42. The molecule has 1 aliphatic carbocycles. The SMILES string of the molecule is Cc1ccc(C(=O)CN(C(=O)c2ccc(Cl)c(Cl)c2)N2C(=O)[C@H]3[C@H](C)C=CC[C@H]3C2=O)cc1. The van der Waals surface area contributed by atoms with Gasteiger partial charge in [0.05, 0.1) is 21.9 Å². The lowest BCUT2D eigenvalue weighted by Crippen LogP contribution is -2.52. The molecule has 1 aliphatic heterocycles. The van der Waals surface area contributed by atoms with Crippen LogP contribution in [-0.2, 0) is 9.59 Å². The van der Waals surface area contributed by atoms with Crippen molar-refractivity contribution in [3.05, 3.63) is 81.4 Å². The monoisotopic (exact) mass is 484 g/mol. The lowest BCUT2D eigenvalue weighted by atomic mass is 9.78. The number of rotatable bonds is 5. The fraction of sp³-hybridized carbons (Fsp3) is 0.280. The average Bonchev–Trinajstić information content (AvgIpc) is 3.05. The van der Waals surface area contributed by atoms with Crippen molar-refractivity contribution < 1.29 is 19.2 Å². The van der Waals surface area contributed by atoms with Crippen LogP contribution in [0, 0.1) is 24.7 Å². The molecule has 0 saturated carbocycles. The van der Waals surface area contributed by atoms with Gasteiger partial charge in [0, 0.05) is 11.1 Å². The first-order chi connectivity index (χ1) is 15.7. The lowest BCUT2D eigenvalue weighted by Gasteiger charge is -2.30. The van der Waals surface area contributed by atoms with Crippen LogP contribution in [0.5, 0.6) is 0 Å². The number of aryl methyl sites for hydroxylation is 1. The van der Waals surface area contributed by atoms with Gasteiger partial charge < -0.3 is 0 Å². The molecule has 0 bridgehead atoms. The van der Waals surface area contributed by atoms with Crippen LogP contribution < -0.4 is 0 Å². The minimum Gasteiger partial charge on any atom is -0.292 e. The molecule has 1 heterocycles. The molecule has 170 valence electrons. The Balaban J connectivity index is 1.72. The van der Waals surface area contributed by atoms with Gasteiger partial charge in [-0.05, 0) is 37.5 Å². The van der Waals surface area contributed by atoms with Crippen LogP contribution in [0.1, 0.15) is 39.6 Å². The fourth-order valence-corrected chi connectivity index (χ4v) is 4.65. The largest absolute Gasteiger partial charge is 0.292 e. The molecule has 1 saturated heterocycles. The van der Waals surface area contributed by atoms with Crippen molar-refractivity contribution >= 4 is 46.7 Å². The van der Waals surface area contributed by atoms with Gasteiger partial charge in [0.25, 0.3) is 17.7 Å². The number of halogens is 2. The highest BCUT2D eigenvalue weighted by molar-refractivity contribution is 6.42. The van der Waals surface area contributed by atoms with Gasteiger partial charge >= 0.3 is 0 Å². The van der Waals surface area contributed by atoms with Crippen LogP contribution >= 0.6 is 23.2 Å². The number of carbonyl (C=O) groups is 4. The molecule has 0 N–H and O–H groups in total. The zero-order valence-corrected chi connectivity index (χ0v) is 19.6. The van der Waals surface area contributed by atoms with Gasteiger partial charge in [0.2, 0.25) is 0 Å². The number of allylic oxidation sites excluding steroid dienone is 2. The highest BCUT2D eigenvalue weighted by Crippen LogP contribution is 2.39. The topological polar surface area (TPSA) is 74.8 Å². The summed E-state index contributed by atoms with van der Waals surface area (Å²) in [5.41, 5.74) is 1.47. The van der Waals surface area contributed by atoms with Gasteiger partial charge in [-0.2, -0.15) is 5.01 Å². The first-order valence-electron chi connectivity index (χ1n) is 10.6. The van der Waals surface area contributed by atoms with Gasteiger partial charge in [0.15, 0.2) is 5.78 Å². The standard InChI is InChI=1S/C25H22Cl2N2O4/c1-14-6-8-16(9-7-14)21(30)13-28(23(31)17-10-11-19(26)20(27)12-17)29-24(32)18-5-3-4-15(2)22(18)25(29)33/h3-4,6-12,15,18,22H,5,13H2,1-2H3/t15-,18-,22+/m1/s1. The molecule has 2 aliphatic rings. The molecule has 4 rings (SSSR count). The molecule has 0 spiro atoms. The Kier molecular flexibility index (Phi) is 6.41. The summed E-state index contributed by atoms with van der Waals surface area (Å²) in [6.45, 7) is 3.29. The third-order valence-corrected chi connectivity index (χ3v) is 6.90. The number of fused-ring (bicyclic) bond motifs is 1. The van der Waals surface area contributed by atoms with E-state index in [9.17, 15) is 19.2 Å². The third kappa shape index (κ3) is 4.33. The number of amides is 3.